The molecule has 2 aromatic carbocycles. The van der Waals surface area contributed by atoms with Gasteiger partial charge >= 0.3 is 6.03 Å². The van der Waals surface area contributed by atoms with Crippen LogP contribution in [0.3, 0.4) is 0 Å². The van der Waals surface area contributed by atoms with Crippen LogP contribution in [0.15, 0.2) is 54.6 Å². The summed E-state index contributed by atoms with van der Waals surface area (Å²) < 4.78 is 6.93. The number of urea groups is 1. The zero-order valence-electron chi connectivity index (χ0n) is 22.3. The number of carbonyl (C=O) groups excluding carboxylic acids is 2. The lowest BCUT2D eigenvalue weighted by Crippen LogP contribution is -2.42. The molecule has 36 heavy (non-hydrogen) atoms. The fourth-order valence-electron chi connectivity index (χ4n) is 3.71. The molecular weight excluding hydrogens is 454 g/mol. The molecule has 0 saturated heterocycles. The molecule has 0 radical (unpaired) electrons. The average Bonchev–Trinajstić information content (AvgIpc) is 3.23. The van der Waals surface area contributed by atoms with E-state index in [0.29, 0.717) is 23.8 Å². The minimum Gasteiger partial charge on any atom is -0.497 e. The normalized spacial score (nSPS) is 11.3. The number of nitrogens with one attached hydrogen (secondary N) is 2. The topological polar surface area (TPSA) is 88.5 Å². The van der Waals surface area contributed by atoms with Crippen molar-refractivity contribution < 1.29 is 14.3 Å². The molecule has 1 heterocycles. The van der Waals surface area contributed by atoms with Crippen LogP contribution in [0.5, 0.6) is 5.75 Å². The summed E-state index contributed by atoms with van der Waals surface area (Å²) in [6.45, 7) is 12.6. The number of methoxy groups -OCH3 is 1. The van der Waals surface area contributed by atoms with Crippen LogP contribution in [0.25, 0.3) is 5.69 Å². The highest BCUT2D eigenvalue weighted by Gasteiger charge is 2.24. The van der Waals surface area contributed by atoms with Crippen molar-refractivity contribution in [2.24, 2.45) is 5.92 Å². The number of aryl methyl sites for hydroxylation is 1. The van der Waals surface area contributed by atoms with Gasteiger partial charge < -0.3 is 20.3 Å². The molecule has 3 aromatic rings. The minimum atomic E-state index is -0.341. The fourth-order valence-corrected chi connectivity index (χ4v) is 3.71. The molecule has 0 aliphatic rings. The van der Waals surface area contributed by atoms with Crippen LogP contribution in [0, 0.1) is 12.8 Å². The van der Waals surface area contributed by atoms with E-state index >= 15 is 0 Å². The van der Waals surface area contributed by atoms with Gasteiger partial charge in [-0.2, -0.15) is 5.10 Å². The Kier molecular flexibility index (Phi) is 8.40. The van der Waals surface area contributed by atoms with E-state index in [1.54, 1.807) is 36.1 Å². The van der Waals surface area contributed by atoms with Gasteiger partial charge in [0, 0.05) is 23.7 Å². The molecule has 0 saturated carbocycles. The van der Waals surface area contributed by atoms with E-state index in [9.17, 15) is 9.59 Å². The summed E-state index contributed by atoms with van der Waals surface area (Å²) in [5.41, 5.74) is 3.21. The van der Waals surface area contributed by atoms with Crippen molar-refractivity contribution in [2.45, 2.75) is 47.0 Å². The molecule has 0 aliphatic carbocycles. The van der Waals surface area contributed by atoms with Crippen molar-refractivity contribution >= 4 is 23.4 Å². The molecule has 8 heteroatoms. The van der Waals surface area contributed by atoms with Crippen molar-refractivity contribution in [2.75, 3.05) is 30.8 Å². The fraction of sp³-hybridized carbons (Fsp3) is 0.393. The Labute approximate surface area is 213 Å². The summed E-state index contributed by atoms with van der Waals surface area (Å²) in [6, 6.07) is 16.5. The van der Waals surface area contributed by atoms with Gasteiger partial charge in [0.05, 0.1) is 18.5 Å². The van der Waals surface area contributed by atoms with E-state index in [4.69, 9.17) is 9.84 Å². The predicted octanol–water partition coefficient (Wildman–Crippen LogP) is 5.62. The van der Waals surface area contributed by atoms with E-state index in [0.717, 1.165) is 16.9 Å². The predicted molar refractivity (Wildman–Crippen MR) is 144 cm³/mol. The first-order valence-corrected chi connectivity index (χ1v) is 12.1. The van der Waals surface area contributed by atoms with Gasteiger partial charge in [-0.05, 0) is 48.7 Å². The second-order valence-corrected chi connectivity index (χ2v) is 10.3. The first-order valence-electron chi connectivity index (χ1n) is 12.1. The molecule has 0 fully saturated rings. The number of rotatable bonds is 8. The van der Waals surface area contributed by atoms with Crippen molar-refractivity contribution in [3.63, 3.8) is 0 Å². The largest absolute Gasteiger partial charge is 0.497 e. The van der Waals surface area contributed by atoms with Gasteiger partial charge in [0.15, 0.2) is 0 Å². The van der Waals surface area contributed by atoms with Gasteiger partial charge in [-0.1, -0.05) is 52.8 Å². The highest BCUT2D eigenvalue weighted by Crippen LogP contribution is 2.27. The molecule has 192 valence electrons. The number of carbonyl (C=O) groups is 2. The maximum absolute atomic E-state index is 13.2. The molecule has 3 amide bonds. The first kappa shape index (κ1) is 26.8. The molecule has 3 rings (SSSR count). The Bertz CT molecular complexity index is 1190. The SMILES string of the molecule is COc1ccc(NC(=O)N(CC(=O)Nc2cc(C(C)(C)C)nn2-c2ccccc2C)CC(C)C)cc1. The zero-order chi connectivity index (χ0) is 26.5. The third-order valence-electron chi connectivity index (χ3n) is 5.64. The van der Waals surface area contributed by atoms with Crippen LogP contribution in [-0.2, 0) is 10.2 Å². The number of amides is 3. The molecule has 0 unspecified atom stereocenters. The van der Waals surface area contributed by atoms with Crippen molar-refractivity contribution in [3.05, 3.63) is 65.9 Å². The highest BCUT2D eigenvalue weighted by molar-refractivity contribution is 5.96. The number of hydrogen-bond acceptors (Lipinski definition) is 4. The zero-order valence-corrected chi connectivity index (χ0v) is 22.3. The summed E-state index contributed by atoms with van der Waals surface area (Å²) in [5.74, 6) is 1.16. The molecule has 0 atom stereocenters. The summed E-state index contributed by atoms with van der Waals surface area (Å²) in [5, 5.41) is 10.7. The number of aromatic nitrogens is 2. The van der Waals surface area contributed by atoms with E-state index < -0.39 is 0 Å². The molecular formula is C28H37N5O3. The number of para-hydroxylation sites is 1. The number of ether oxygens (including phenoxy) is 1. The van der Waals surface area contributed by atoms with E-state index in [2.05, 4.69) is 31.4 Å². The van der Waals surface area contributed by atoms with Crippen LogP contribution in [0.2, 0.25) is 0 Å². The van der Waals surface area contributed by atoms with Gasteiger partial charge in [0.2, 0.25) is 5.91 Å². The Hall–Kier alpha value is -3.81. The van der Waals surface area contributed by atoms with Crippen LogP contribution in [0.1, 0.15) is 45.9 Å². The number of anilines is 2. The second-order valence-electron chi connectivity index (χ2n) is 10.3. The van der Waals surface area contributed by atoms with Crippen LogP contribution in [-0.4, -0.2) is 46.8 Å². The van der Waals surface area contributed by atoms with E-state index in [1.165, 1.54) is 4.90 Å². The Morgan fingerprint density at radius 2 is 1.72 bits per heavy atom. The lowest BCUT2D eigenvalue weighted by Gasteiger charge is -2.24. The molecule has 0 bridgehead atoms. The van der Waals surface area contributed by atoms with Crippen LogP contribution in [0.4, 0.5) is 16.3 Å². The van der Waals surface area contributed by atoms with E-state index in [-0.39, 0.29) is 29.8 Å². The number of benzene rings is 2. The van der Waals surface area contributed by atoms with Gasteiger partial charge in [0.25, 0.3) is 0 Å². The Morgan fingerprint density at radius 3 is 2.31 bits per heavy atom. The Morgan fingerprint density at radius 1 is 1.06 bits per heavy atom. The standard InChI is InChI=1S/C28H37N5O3/c1-19(2)17-32(27(35)29-21-12-14-22(36-7)15-13-21)18-26(34)30-25-16-24(28(4,5)6)31-33(25)23-11-9-8-10-20(23)3/h8-16,19H,17-18H2,1-7H3,(H,29,35)(H,30,34). The minimum absolute atomic E-state index is 0.0933. The number of nitrogens with zero attached hydrogens (tertiary/aromatic N) is 3. The molecule has 0 spiro atoms. The quantitative estimate of drug-likeness (QED) is 0.428. The van der Waals surface area contributed by atoms with Crippen LogP contribution < -0.4 is 15.4 Å². The smallest absolute Gasteiger partial charge is 0.322 e. The van der Waals surface area contributed by atoms with Crippen molar-refractivity contribution in [1.29, 1.82) is 0 Å². The highest BCUT2D eigenvalue weighted by atomic mass is 16.5. The Balaban J connectivity index is 1.81. The molecule has 0 aliphatic heterocycles. The maximum Gasteiger partial charge on any atom is 0.322 e. The lowest BCUT2D eigenvalue weighted by atomic mass is 9.92. The van der Waals surface area contributed by atoms with Crippen molar-refractivity contribution in [3.8, 4) is 11.4 Å². The molecule has 1 aromatic heterocycles. The summed E-state index contributed by atoms with van der Waals surface area (Å²) in [6.07, 6.45) is 0. The molecule has 2 N–H and O–H groups in total. The van der Waals surface area contributed by atoms with Crippen LogP contribution >= 0.6 is 0 Å². The third kappa shape index (κ3) is 6.87. The maximum atomic E-state index is 13.2. The van der Waals surface area contributed by atoms with Gasteiger partial charge in [0.1, 0.15) is 18.1 Å². The monoisotopic (exact) mass is 491 g/mol. The average molecular weight is 492 g/mol. The van der Waals surface area contributed by atoms with Gasteiger partial charge in [-0.15, -0.1) is 0 Å². The third-order valence-corrected chi connectivity index (χ3v) is 5.64. The van der Waals surface area contributed by atoms with Gasteiger partial charge in [-0.3, -0.25) is 4.79 Å². The number of hydrogen-bond donors (Lipinski definition) is 2. The first-order chi connectivity index (χ1) is 17.0. The second kappa shape index (κ2) is 11.3. The van der Waals surface area contributed by atoms with E-state index in [1.807, 2.05) is 51.1 Å². The molecule has 8 nitrogen and oxygen atoms in total. The lowest BCUT2D eigenvalue weighted by molar-refractivity contribution is -0.116. The summed E-state index contributed by atoms with van der Waals surface area (Å²) >= 11 is 0. The van der Waals surface area contributed by atoms with Gasteiger partial charge in [-0.25, -0.2) is 9.48 Å². The van der Waals surface area contributed by atoms with Crippen molar-refractivity contribution in [1.82, 2.24) is 14.7 Å². The summed E-state index contributed by atoms with van der Waals surface area (Å²) in [4.78, 5) is 27.7. The summed E-state index contributed by atoms with van der Waals surface area (Å²) in [7, 11) is 1.59.